The Morgan fingerprint density at radius 2 is 1.92 bits per heavy atom. The van der Waals surface area contributed by atoms with E-state index in [1.54, 1.807) is 7.11 Å². The van der Waals surface area contributed by atoms with Gasteiger partial charge >= 0.3 is 0 Å². The monoisotopic (exact) mass is 175 g/mol. The van der Waals surface area contributed by atoms with Crippen molar-refractivity contribution in [3.8, 4) is 0 Å². The van der Waals surface area contributed by atoms with Crippen molar-refractivity contribution in [1.82, 2.24) is 0 Å². The second-order valence-electron chi connectivity index (χ2n) is 3.33. The Labute approximate surface area is 75.2 Å². The van der Waals surface area contributed by atoms with Crippen LogP contribution in [-0.2, 0) is 9.47 Å². The molecule has 0 aromatic carbocycles. The predicted molar refractivity (Wildman–Crippen MR) is 50.1 cm³/mol. The number of hydrogen-bond acceptors (Lipinski definition) is 3. The van der Waals surface area contributed by atoms with Gasteiger partial charge in [0.15, 0.2) is 0 Å². The molecule has 1 unspecified atom stereocenters. The summed E-state index contributed by atoms with van der Waals surface area (Å²) in [6, 6.07) is 0.160. The van der Waals surface area contributed by atoms with Crippen molar-refractivity contribution < 1.29 is 9.47 Å². The van der Waals surface area contributed by atoms with Crippen LogP contribution in [0, 0.1) is 5.92 Å². The van der Waals surface area contributed by atoms with Crippen LogP contribution >= 0.6 is 0 Å². The fourth-order valence-electron chi connectivity index (χ4n) is 0.717. The molecule has 3 nitrogen and oxygen atoms in total. The van der Waals surface area contributed by atoms with Gasteiger partial charge in [-0.25, -0.2) is 0 Å². The fraction of sp³-hybridized carbons (Fsp3) is 1.00. The van der Waals surface area contributed by atoms with E-state index in [1.807, 2.05) is 0 Å². The molecule has 0 saturated heterocycles. The van der Waals surface area contributed by atoms with Gasteiger partial charge < -0.3 is 15.2 Å². The van der Waals surface area contributed by atoms with E-state index in [-0.39, 0.29) is 6.04 Å². The van der Waals surface area contributed by atoms with Crippen molar-refractivity contribution in [2.75, 3.05) is 26.9 Å². The van der Waals surface area contributed by atoms with Crippen LogP contribution in [0.1, 0.15) is 20.3 Å². The molecule has 1 atom stereocenters. The standard InChI is InChI=1S/C9H21NO2/c1-8(2)9(10)7-12-6-4-5-11-3/h8-9H,4-7,10H2,1-3H3. The lowest BCUT2D eigenvalue weighted by atomic mass is 10.1. The zero-order valence-electron chi connectivity index (χ0n) is 8.38. The first-order valence-corrected chi connectivity index (χ1v) is 4.50. The van der Waals surface area contributed by atoms with Crippen LogP contribution < -0.4 is 5.73 Å². The summed E-state index contributed by atoms with van der Waals surface area (Å²) in [6.07, 6.45) is 0.946. The molecule has 0 aliphatic rings. The van der Waals surface area contributed by atoms with Gasteiger partial charge in [-0.3, -0.25) is 0 Å². The maximum Gasteiger partial charge on any atom is 0.0620 e. The third kappa shape index (κ3) is 6.58. The predicted octanol–water partition coefficient (Wildman–Crippen LogP) is 1.02. The number of ether oxygens (including phenoxy) is 2. The molecular weight excluding hydrogens is 154 g/mol. The van der Waals surface area contributed by atoms with Crippen LogP contribution in [-0.4, -0.2) is 33.0 Å². The SMILES string of the molecule is COCCCOCC(N)C(C)C. The van der Waals surface area contributed by atoms with Gasteiger partial charge in [0, 0.05) is 26.4 Å². The summed E-state index contributed by atoms with van der Waals surface area (Å²) in [5, 5.41) is 0. The molecule has 0 saturated carbocycles. The minimum absolute atomic E-state index is 0.160. The summed E-state index contributed by atoms with van der Waals surface area (Å²) < 4.78 is 10.2. The van der Waals surface area contributed by atoms with Gasteiger partial charge in [-0.1, -0.05) is 13.8 Å². The number of nitrogens with two attached hydrogens (primary N) is 1. The summed E-state index contributed by atoms with van der Waals surface area (Å²) in [6.45, 7) is 6.36. The molecule has 0 heterocycles. The fourth-order valence-corrected chi connectivity index (χ4v) is 0.717. The van der Waals surface area contributed by atoms with Crippen LogP contribution in [0.3, 0.4) is 0 Å². The molecule has 0 aromatic rings. The van der Waals surface area contributed by atoms with Crippen molar-refractivity contribution in [3.63, 3.8) is 0 Å². The van der Waals surface area contributed by atoms with Crippen LogP contribution in [0.2, 0.25) is 0 Å². The van der Waals surface area contributed by atoms with Crippen molar-refractivity contribution >= 4 is 0 Å². The second-order valence-corrected chi connectivity index (χ2v) is 3.33. The Hall–Kier alpha value is -0.120. The van der Waals surface area contributed by atoms with Gasteiger partial charge in [-0.05, 0) is 12.3 Å². The van der Waals surface area contributed by atoms with Crippen LogP contribution in [0.15, 0.2) is 0 Å². The van der Waals surface area contributed by atoms with Gasteiger partial charge in [0.25, 0.3) is 0 Å². The maximum absolute atomic E-state index is 5.77. The summed E-state index contributed by atoms with van der Waals surface area (Å²) >= 11 is 0. The molecule has 0 spiro atoms. The van der Waals surface area contributed by atoms with Crippen molar-refractivity contribution in [3.05, 3.63) is 0 Å². The lowest BCUT2D eigenvalue weighted by molar-refractivity contribution is 0.0866. The maximum atomic E-state index is 5.77. The quantitative estimate of drug-likeness (QED) is 0.588. The zero-order valence-corrected chi connectivity index (χ0v) is 8.38. The Kier molecular flexibility index (Phi) is 7.45. The average Bonchev–Trinajstić information content (AvgIpc) is 2.03. The van der Waals surface area contributed by atoms with Crippen molar-refractivity contribution in [2.24, 2.45) is 11.7 Å². The Bertz CT molecular complexity index is 96.5. The first-order chi connectivity index (χ1) is 5.68. The molecular formula is C9H21NO2. The largest absolute Gasteiger partial charge is 0.385 e. The Morgan fingerprint density at radius 1 is 1.25 bits per heavy atom. The van der Waals surface area contributed by atoms with E-state index in [0.717, 1.165) is 19.6 Å². The molecule has 2 N–H and O–H groups in total. The highest BCUT2D eigenvalue weighted by Crippen LogP contribution is 1.98. The van der Waals surface area contributed by atoms with Gasteiger partial charge in [0.05, 0.1) is 6.61 Å². The average molecular weight is 175 g/mol. The topological polar surface area (TPSA) is 44.5 Å². The number of hydrogen-bond donors (Lipinski definition) is 1. The van der Waals surface area contributed by atoms with Gasteiger partial charge in [0.1, 0.15) is 0 Å². The lowest BCUT2D eigenvalue weighted by Gasteiger charge is -2.15. The minimum atomic E-state index is 0.160. The number of methoxy groups -OCH3 is 1. The van der Waals surface area contributed by atoms with Crippen molar-refractivity contribution in [1.29, 1.82) is 0 Å². The first-order valence-electron chi connectivity index (χ1n) is 4.50. The first kappa shape index (κ1) is 11.9. The van der Waals surface area contributed by atoms with E-state index in [1.165, 1.54) is 0 Å². The smallest absolute Gasteiger partial charge is 0.0620 e. The summed E-state index contributed by atoms with van der Waals surface area (Å²) in [4.78, 5) is 0. The highest BCUT2D eigenvalue weighted by Gasteiger charge is 2.06. The highest BCUT2D eigenvalue weighted by atomic mass is 16.5. The Balaban J connectivity index is 3.08. The second kappa shape index (κ2) is 7.53. The van der Waals surface area contributed by atoms with Crippen LogP contribution in [0.4, 0.5) is 0 Å². The van der Waals surface area contributed by atoms with E-state index >= 15 is 0 Å². The van der Waals surface area contributed by atoms with E-state index in [4.69, 9.17) is 15.2 Å². The molecule has 0 aliphatic carbocycles. The minimum Gasteiger partial charge on any atom is -0.385 e. The third-order valence-corrected chi connectivity index (χ3v) is 1.80. The molecule has 0 aliphatic heterocycles. The van der Waals surface area contributed by atoms with Gasteiger partial charge in [0.2, 0.25) is 0 Å². The molecule has 0 radical (unpaired) electrons. The summed E-state index contributed by atoms with van der Waals surface area (Å²) in [5.74, 6) is 0.493. The molecule has 0 rings (SSSR count). The molecule has 0 fully saturated rings. The highest BCUT2D eigenvalue weighted by molar-refractivity contribution is 4.63. The normalized spacial score (nSPS) is 13.8. The molecule has 0 bridgehead atoms. The molecule has 74 valence electrons. The zero-order chi connectivity index (χ0) is 9.40. The molecule has 0 aromatic heterocycles. The lowest BCUT2D eigenvalue weighted by Crippen LogP contribution is -2.31. The Morgan fingerprint density at radius 3 is 2.42 bits per heavy atom. The van der Waals surface area contributed by atoms with E-state index < -0.39 is 0 Å². The van der Waals surface area contributed by atoms with E-state index in [0.29, 0.717) is 12.5 Å². The van der Waals surface area contributed by atoms with E-state index in [9.17, 15) is 0 Å². The van der Waals surface area contributed by atoms with Crippen LogP contribution in [0.5, 0.6) is 0 Å². The van der Waals surface area contributed by atoms with Gasteiger partial charge in [-0.2, -0.15) is 0 Å². The van der Waals surface area contributed by atoms with Crippen LogP contribution in [0.25, 0.3) is 0 Å². The number of rotatable bonds is 7. The summed E-state index contributed by atoms with van der Waals surface area (Å²) in [5.41, 5.74) is 5.77. The molecule has 3 heteroatoms. The molecule has 12 heavy (non-hydrogen) atoms. The van der Waals surface area contributed by atoms with E-state index in [2.05, 4.69) is 13.8 Å². The molecule has 0 amide bonds. The van der Waals surface area contributed by atoms with Gasteiger partial charge in [-0.15, -0.1) is 0 Å². The van der Waals surface area contributed by atoms with Crippen molar-refractivity contribution in [2.45, 2.75) is 26.3 Å². The third-order valence-electron chi connectivity index (χ3n) is 1.80. The summed E-state index contributed by atoms with van der Waals surface area (Å²) in [7, 11) is 1.69.